The van der Waals surface area contributed by atoms with Crippen molar-refractivity contribution in [1.29, 1.82) is 0 Å². The Morgan fingerprint density at radius 2 is 2.50 bits per heavy atom. The minimum atomic E-state index is -0.830. The molecule has 0 aliphatic carbocycles. The van der Waals surface area contributed by atoms with Gasteiger partial charge in [-0.2, -0.15) is 0 Å². The van der Waals surface area contributed by atoms with E-state index in [0.717, 1.165) is 6.54 Å². The number of nitrogens with one attached hydrogen (secondary N) is 1. The first-order chi connectivity index (χ1) is 4.29. The van der Waals surface area contributed by atoms with E-state index in [9.17, 15) is 4.79 Å². The minimum absolute atomic E-state index is 0. The maximum Gasteiger partial charge on any atom is 0.310 e. The van der Waals surface area contributed by atoms with Gasteiger partial charge in [0.2, 0.25) is 0 Å². The number of hydrogen-bond acceptors (Lipinski definition) is 3. The molecule has 0 atom stereocenters. The number of nitrogens with zero attached hydrogens (tertiary/aromatic N) is 1. The van der Waals surface area contributed by atoms with Gasteiger partial charge in [-0.25, -0.2) is 0 Å². The smallest absolute Gasteiger partial charge is 0.310 e. The van der Waals surface area contributed by atoms with Crippen LogP contribution in [-0.4, -0.2) is 30.0 Å². The molecule has 0 fully saturated rings. The number of aliphatic imine (C=N–C) groups is 1. The van der Waals surface area contributed by atoms with Gasteiger partial charge >= 0.3 is 5.97 Å². The monoisotopic (exact) mass is 164 g/mol. The van der Waals surface area contributed by atoms with Crippen LogP contribution in [0.15, 0.2) is 4.99 Å². The molecular formula is C5H9ClN2O2. The Hall–Kier alpha value is -0.770. The molecule has 0 radical (unpaired) electrons. The molecule has 0 amide bonds. The molecule has 0 aromatic heterocycles. The van der Waals surface area contributed by atoms with Crippen molar-refractivity contribution in [2.24, 2.45) is 4.99 Å². The van der Waals surface area contributed by atoms with Crippen LogP contribution in [-0.2, 0) is 4.79 Å². The average molecular weight is 165 g/mol. The number of amidine groups is 1. The summed E-state index contributed by atoms with van der Waals surface area (Å²) in [7, 11) is 0. The van der Waals surface area contributed by atoms with E-state index in [1.807, 2.05) is 0 Å². The number of carboxylic acids is 1. The van der Waals surface area contributed by atoms with E-state index in [1.54, 1.807) is 0 Å². The highest BCUT2D eigenvalue weighted by molar-refractivity contribution is 5.97. The molecule has 58 valence electrons. The molecule has 1 heterocycles. The molecule has 5 heteroatoms. The molecule has 1 aliphatic rings. The quantitative estimate of drug-likeness (QED) is 0.599. The van der Waals surface area contributed by atoms with E-state index in [1.165, 1.54) is 0 Å². The van der Waals surface area contributed by atoms with Crippen molar-refractivity contribution in [3.63, 3.8) is 0 Å². The zero-order chi connectivity index (χ0) is 6.69. The Morgan fingerprint density at radius 3 is 2.90 bits per heavy atom. The Balaban J connectivity index is 0.000000810. The summed E-state index contributed by atoms with van der Waals surface area (Å²) in [6.45, 7) is 1.49. The van der Waals surface area contributed by atoms with Gasteiger partial charge in [-0.1, -0.05) is 0 Å². The van der Waals surface area contributed by atoms with E-state index < -0.39 is 5.97 Å². The predicted octanol–water partition coefficient (Wildman–Crippen LogP) is -0.115. The molecule has 0 aromatic carbocycles. The molecule has 0 spiro atoms. The van der Waals surface area contributed by atoms with Gasteiger partial charge in [-0.3, -0.25) is 9.79 Å². The van der Waals surface area contributed by atoms with Gasteiger partial charge in [0.25, 0.3) is 0 Å². The van der Waals surface area contributed by atoms with Crippen molar-refractivity contribution in [3.8, 4) is 0 Å². The highest BCUT2D eigenvalue weighted by Gasteiger charge is 2.07. The van der Waals surface area contributed by atoms with Crippen molar-refractivity contribution in [2.45, 2.75) is 6.42 Å². The normalized spacial score (nSPS) is 15.0. The van der Waals surface area contributed by atoms with E-state index in [4.69, 9.17) is 5.11 Å². The third-order valence-electron chi connectivity index (χ3n) is 1.06. The van der Waals surface area contributed by atoms with Gasteiger partial charge in [0.15, 0.2) is 0 Å². The lowest BCUT2D eigenvalue weighted by molar-refractivity contribution is -0.135. The predicted molar refractivity (Wildman–Crippen MR) is 39.8 cm³/mol. The first-order valence-electron chi connectivity index (χ1n) is 2.78. The standard InChI is InChI=1S/C5H8N2O2.ClH/c8-5(9)3-4-6-1-2-7-4;/h1-3H2,(H,6,7)(H,8,9);1H. The Labute approximate surface area is 64.7 Å². The van der Waals surface area contributed by atoms with Crippen molar-refractivity contribution >= 4 is 24.2 Å². The van der Waals surface area contributed by atoms with Crippen LogP contribution in [0.1, 0.15) is 6.42 Å². The molecule has 0 saturated heterocycles. The lowest BCUT2D eigenvalue weighted by Gasteiger charge is -1.94. The summed E-state index contributed by atoms with van der Waals surface area (Å²) in [5.41, 5.74) is 0. The number of rotatable bonds is 2. The van der Waals surface area contributed by atoms with Crippen LogP contribution in [0.4, 0.5) is 0 Å². The van der Waals surface area contributed by atoms with Crippen LogP contribution in [0.3, 0.4) is 0 Å². The highest BCUT2D eigenvalue weighted by atomic mass is 35.5. The zero-order valence-corrected chi connectivity index (χ0v) is 6.15. The van der Waals surface area contributed by atoms with Crippen molar-refractivity contribution in [1.82, 2.24) is 5.32 Å². The second kappa shape index (κ2) is 4.11. The number of carbonyl (C=O) groups is 1. The van der Waals surface area contributed by atoms with Gasteiger partial charge < -0.3 is 10.4 Å². The summed E-state index contributed by atoms with van der Waals surface area (Å²) in [4.78, 5) is 13.9. The van der Waals surface area contributed by atoms with Crippen LogP contribution >= 0.6 is 12.4 Å². The molecule has 0 unspecified atom stereocenters. The molecule has 1 rings (SSSR count). The van der Waals surface area contributed by atoms with Crippen LogP contribution in [0.2, 0.25) is 0 Å². The lowest BCUT2D eigenvalue weighted by Crippen LogP contribution is -2.21. The summed E-state index contributed by atoms with van der Waals surface area (Å²) in [5.74, 6) is -0.231. The largest absolute Gasteiger partial charge is 0.481 e. The maximum atomic E-state index is 10.0. The second-order valence-electron chi connectivity index (χ2n) is 1.83. The SMILES string of the molecule is Cl.O=C(O)CC1=NCCN1. The highest BCUT2D eigenvalue weighted by Crippen LogP contribution is 1.89. The van der Waals surface area contributed by atoms with Gasteiger partial charge in [-0.15, -0.1) is 12.4 Å². The van der Waals surface area contributed by atoms with Crippen LogP contribution in [0.5, 0.6) is 0 Å². The van der Waals surface area contributed by atoms with Crippen LogP contribution in [0.25, 0.3) is 0 Å². The summed E-state index contributed by atoms with van der Waals surface area (Å²) < 4.78 is 0. The third kappa shape index (κ3) is 2.68. The topological polar surface area (TPSA) is 61.7 Å². The molecule has 4 nitrogen and oxygen atoms in total. The number of aliphatic carboxylic acids is 1. The lowest BCUT2D eigenvalue weighted by atomic mass is 10.4. The number of hydrogen-bond donors (Lipinski definition) is 2. The minimum Gasteiger partial charge on any atom is -0.481 e. The molecule has 1 aliphatic heterocycles. The van der Waals surface area contributed by atoms with Gasteiger partial charge in [0.1, 0.15) is 12.3 Å². The molecule has 2 N–H and O–H groups in total. The average Bonchev–Trinajstić information content (AvgIpc) is 2.15. The first-order valence-corrected chi connectivity index (χ1v) is 2.78. The molecular weight excluding hydrogens is 156 g/mol. The van der Waals surface area contributed by atoms with Crippen LogP contribution < -0.4 is 5.32 Å². The van der Waals surface area contributed by atoms with Crippen LogP contribution in [0, 0.1) is 0 Å². The van der Waals surface area contributed by atoms with E-state index in [0.29, 0.717) is 12.4 Å². The summed E-state index contributed by atoms with van der Waals surface area (Å²) in [6.07, 6.45) is 0.0278. The van der Waals surface area contributed by atoms with Gasteiger partial charge in [-0.05, 0) is 0 Å². The fourth-order valence-electron chi connectivity index (χ4n) is 0.709. The Kier molecular flexibility index (Phi) is 3.79. The van der Waals surface area contributed by atoms with E-state index >= 15 is 0 Å². The fourth-order valence-corrected chi connectivity index (χ4v) is 0.709. The van der Waals surface area contributed by atoms with Gasteiger partial charge in [0.05, 0.1) is 6.54 Å². The Bertz CT molecular complexity index is 158. The van der Waals surface area contributed by atoms with E-state index in [2.05, 4.69) is 10.3 Å². The summed E-state index contributed by atoms with van der Waals surface area (Å²) in [6, 6.07) is 0. The fraction of sp³-hybridized carbons (Fsp3) is 0.600. The third-order valence-corrected chi connectivity index (χ3v) is 1.06. The number of carboxylic acid groups (broad SMARTS) is 1. The molecule has 0 aromatic rings. The molecule has 10 heavy (non-hydrogen) atoms. The van der Waals surface area contributed by atoms with Gasteiger partial charge in [0, 0.05) is 6.54 Å². The molecule has 0 saturated carbocycles. The van der Waals surface area contributed by atoms with Crippen molar-refractivity contribution in [3.05, 3.63) is 0 Å². The van der Waals surface area contributed by atoms with E-state index in [-0.39, 0.29) is 18.8 Å². The maximum absolute atomic E-state index is 10.0. The first kappa shape index (κ1) is 9.23. The zero-order valence-electron chi connectivity index (χ0n) is 5.33. The Morgan fingerprint density at radius 1 is 1.80 bits per heavy atom. The van der Waals surface area contributed by atoms with Crippen molar-refractivity contribution < 1.29 is 9.90 Å². The van der Waals surface area contributed by atoms with Crippen molar-refractivity contribution in [2.75, 3.05) is 13.1 Å². The summed E-state index contributed by atoms with van der Waals surface area (Å²) >= 11 is 0. The summed E-state index contributed by atoms with van der Waals surface area (Å²) in [5, 5.41) is 11.1. The second-order valence-corrected chi connectivity index (χ2v) is 1.83. The molecule has 0 bridgehead atoms. The number of halogens is 1.